The molecule has 148 valence electrons. The average molecular weight is 399 g/mol. The molecule has 0 radical (unpaired) electrons. The fourth-order valence-electron chi connectivity index (χ4n) is 3.35. The molecule has 2 aromatic rings. The van der Waals surface area contributed by atoms with Crippen LogP contribution in [-0.4, -0.2) is 42.7 Å². The molecule has 1 saturated heterocycles. The maximum atomic E-state index is 12.9. The number of amides is 2. The van der Waals surface area contributed by atoms with E-state index in [0.717, 1.165) is 42.1 Å². The maximum absolute atomic E-state index is 12.9. The van der Waals surface area contributed by atoms with Gasteiger partial charge in [0.05, 0.1) is 24.5 Å². The van der Waals surface area contributed by atoms with E-state index in [1.165, 1.54) is 11.8 Å². The molecular weight excluding hydrogens is 372 g/mol. The third kappa shape index (κ3) is 4.87. The molecule has 28 heavy (non-hydrogen) atoms. The lowest BCUT2D eigenvalue weighted by Gasteiger charge is -2.18. The Morgan fingerprint density at radius 3 is 2.54 bits per heavy atom. The first-order valence-corrected chi connectivity index (χ1v) is 10.5. The van der Waals surface area contributed by atoms with Gasteiger partial charge in [-0.2, -0.15) is 0 Å². The van der Waals surface area contributed by atoms with Gasteiger partial charge in [-0.05, 0) is 38.0 Å². The third-order valence-corrected chi connectivity index (χ3v) is 5.95. The van der Waals surface area contributed by atoms with Crippen LogP contribution in [0.1, 0.15) is 41.7 Å². The molecule has 1 heterocycles. The summed E-state index contributed by atoms with van der Waals surface area (Å²) in [4.78, 5) is 27.9. The number of hydrogen-bond acceptors (Lipinski definition) is 4. The number of benzene rings is 2. The average Bonchev–Trinajstić information content (AvgIpc) is 3.27. The number of carbonyl (C=O) groups is 2. The van der Waals surface area contributed by atoms with Crippen LogP contribution in [0.4, 0.5) is 0 Å². The molecule has 1 aliphatic heterocycles. The molecule has 0 bridgehead atoms. The number of methoxy groups -OCH3 is 1. The number of rotatable bonds is 7. The van der Waals surface area contributed by atoms with E-state index in [-0.39, 0.29) is 17.9 Å². The van der Waals surface area contributed by atoms with Gasteiger partial charge in [-0.1, -0.05) is 30.3 Å². The lowest BCUT2D eigenvalue weighted by Crippen LogP contribution is -2.29. The van der Waals surface area contributed by atoms with Gasteiger partial charge in [0.1, 0.15) is 5.75 Å². The summed E-state index contributed by atoms with van der Waals surface area (Å²) >= 11 is 1.42. The normalized spacial score (nSPS) is 14.6. The van der Waals surface area contributed by atoms with Crippen LogP contribution in [0, 0.1) is 0 Å². The third-order valence-electron chi connectivity index (χ3n) is 4.89. The zero-order chi connectivity index (χ0) is 19.9. The summed E-state index contributed by atoms with van der Waals surface area (Å²) in [6, 6.07) is 14.9. The van der Waals surface area contributed by atoms with Crippen molar-refractivity contribution in [2.75, 3.05) is 26.0 Å². The molecule has 0 unspecified atom stereocenters. The second kappa shape index (κ2) is 9.64. The summed E-state index contributed by atoms with van der Waals surface area (Å²) in [6.45, 7) is 3.62. The molecule has 5 nitrogen and oxygen atoms in total. The summed E-state index contributed by atoms with van der Waals surface area (Å²) in [5.41, 5.74) is 1.51. The van der Waals surface area contributed by atoms with Gasteiger partial charge >= 0.3 is 0 Å². The predicted octanol–water partition coefficient (Wildman–Crippen LogP) is 3.90. The van der Waals surface area contributed by atoms with Crippen molar-refractivity contribution in [3.05, 3.63) is 59.7 Å². The first-order valence-electron chi connectivity index (χ1n) is 9.53. The number of hydrogen-bond donors (Lipinski definition) is 1. The molecule has 2 aromatic carbocycles. The quantitative estimate of drug-likeness (QED) is 0.719. The van der Waals surface area contributed by atoms with Gasteiger partial charge in [0, 0.05) is 23.5 Å². The molecule has 1 aliphatic rings. The van der Waals surface area contributed by atoms with E-state index < -0.39 is 0 Å². The Balaban J connectivity index is 1.67. The van der Waals surface area contributed by atoms with Crippen LogP contribution in [0.25, 0.3) is 0 Å². The second-order valence-electron chi connectivity index (χ2n) is 6.81. The lowest BCUT2D eigenvalue weighted by molar-refractivity contribution is -0.127. The first-order chi connectivity index (χ1) is 13.6. The Labute approximate surface area is 170 Å². The van der Waals surface area contributed by atoms with E-state index in [0.29, 0.717) is 11.3 Å². The van der Waals surface area contributed by atoms with Crippen molar-refractivity contribution in [1.29, 1.82) is 0 Å². The van der Waals surface area contributed by atoms with E-state index >= 15 is 0 Å². The van der Waals surface area contributed by atoms with E-state index in [1.54, 1.807) is 13.2 Å². The summed E-state index contributed by atoms with van der Waals surface area (Å²) in [5.74, 6) is 1.08. The van der Waals surface area contributed by atoms with Gasteiger partial charge in [-0.25, -0.2) is 0 Å². The minimum atomic E-state index is -0.201. The van der Waals surface area contributed by atoms with Crippen LogP contribution in [-0.2, 0) is 4.79 Å². The molecular formula is C22H26N2O3S. The fourth-order valence-corrected chi connectivity index (χ4v) is 4.31. The van der Waals surface area contributed by atoms with Crippen molar-refractivity contribution in [3.63, 3.8) is 0 Å². The van der Waals surface area contributed by atoms with Crippen LogP contribution >= 0.6 is 11.8 Å². The molecule has 1 N–H and O–H groups in total. The number of nitrogens with one attached hydrogen (secondary N) is 1. The highest BCUT2D eigenvalue weighted by Crippen LogP contribution is 2.27. The van der Waals surface area contributed by atoms with Crippen LogP contribution in [0.2, 0.25) is 0 Å². The smallest absolute Gasteiger partial charge is 0.252 e. The van der Waals surface area contributed by atoms with Gasteiger partial charge in [0.15, 0.2) is 0 Å². The van der Waals surface area contributed by atoms with Crippen LogP contribution in [0.15, 0.2) is 53.4 Å². The Bertz CT molecular complexity index is 834. The molecule has 6 heteroatoms. The Morgan fingerprint density at radius 1 is 1.11 bits per heavy atom. The molecule has 0 spiro atoms. The van der Waals surface area contributed by atoms with Gasteiger partial charge in [0.2, 0.25) is 5.91 Å². The van der Waals surface area contributed by atoms with E-state index in [1.807, 2.05) is 54.3 Å². The van der Waals surface area contributed by atoms with Gasteiger partial charge in [-0.3, -0.25) is 9.59 Å². The fraction of sp³-hybridized carbons (Fsp3) is 0.364. The molecule has 2 amide bonds. The topological polar surface area (TPSA) is 58.6 Å². The molecule has 3 rings (SSSR count). The first kappa shape index (κ1) is 20.3. The summed E-state index contributed by atoms with van der Waals surface area (Å²) < 4.78 is 5.39. The van der Waals surface area contributed by atoms with Crippen LogP contribution in [0.3, 0.4) is 0 Å². The van der Waals surface area contributed by atoms with Crippen LogP contribution < -0.4 is 10.1 Å². The van der Waals surface area contributed by atoms with Crippen molar-refractivity contribution < 1.29 is 14.3 Å². The minimum absolute atomic E-state index is 0.139. The number of para-hydroxylation sites is 1. The largest absolute Gasteiger partial charge is 0.496 e. The summed E-state index contributed by atoms with van der Waals surface area (Å²) in [5, 5.41) is 3.04. The summed E-state index contributed by atoms with van der Waals surface area (Å²) in [7, 11) is 1.62. The highest BCUT2D eigenvalue weighted by molar-refractivity contribution is 8.00. The number of likely N-dealkylation sites (tertiary alicyclic amines) is 1. The van der Waals surface area contributed by atoms with Gasteiger partial charge in [0.25, 0.3) is 5.91 Å². The standard InChI is InChI=1S/C22H26N2O3S/c1-16(17-9-3-5-11-19(17)27-2)23-22(26)18-10-4-6-12-20(18)28-15-21(25)24-13-7-8-14-24/h3-6,9-12,16H,7-8,13-15H2,1-2H3,(H,23,26)/t16-/m0/s1. The minimum Gasteiger partial charge on any atom is -0.496 e. The van der Waals surface area contributed by atoms with E-state index in [9.17, 15) is 9.59 Å². The monoisotopic (exact) mass is 398 g/mol. The SMILES string of the molecule is COc1ccccc1[C@H](C)NC(=O)c1ccccc1SCC(=O)N1CCCC1. The van der Waals surface area contributed by atoms with E-state index in [2.05, 4.69) is 5.32 Å². The number of ether oxygens (including phenoxy) is 1. The molecule has 1 atom stereocenters. The van der Waals surface area contributed by atoms with Crippen molar-refractivity contribution in [2.24, 2.45) is 0 Å². The predicted molar refractivity (Wildman–Crippen MR) is 112 cm³/mol. The Morgan fingerprint density at radius 2 is 1.79 bits per heavy atom. The molecule has 0 saturated carbocycles. The lowest BCUT2D eigenvalue weighted by atomic mass is 10.1. The molecule has 1 fully saturated rings. The van der Waals surface area contributed by atoms with Crippen molar-refractivity contribution in [1.82, 2.24) is 10.2 Å². The highest BCUT2D eigenvalue weighted by Gasteiger charge is 2.20. The zero-order valence-corrected chi connectivity index (χ0v) is 17.1. The maximum Gasteiger partial charge on any atom is 0.252 e. The van der Waals surface area contributed by atoms with E-state index in [4.69, 9.17) is 4.74 Å². The summed E-state index contributed by atoms with van der Waals surface area (Å²) in [6.07, 6.45) is 2.16. The zero-order valence-electron chi connectivity index (χ0n) is 16.3. The highest BCUT2D eigenvalue weighted by atomic mass is 32.2. The number of nitrogens with zero attached hydrogens (tertiary/aromatic N) is 1. The van der Waals surface area contributed by atoms with Crippen molar-refractivity contribution >= 4 is 23.6 Å². The van der Waals surface area contributed by atoms with Gasteiger partial charge < -0.3 is 15.0 Å². The number of carbonyl (C=O) groups excluding carboxylic acids is 2. The van der Waals surface area contributed by atoms with Crippen molar-refractivity contribution in [2.45, 2.75) is 30.7 Å². The number of thioether (sulfide) groups is 1. The molecule has 0 aromatic heterocycles. The Kier molecular flexibility index (Phi) is 6.98. The molecule has 0 aliphatic carbocycles. The van der Waals surface area contributed by atoms with Crippen LogP contribution in [0.5, 0.6) is 5.75 Å². The van der Waals surface area contributed by atoms with Crippen molar-refractivity contribution in [3.8, 4) is 5.75 Å². The van der Waals surface area contributed by atoms with Gasteiger partial charge in [-0.15, -0.1) is 11.8 Å². The Hall–Kier alpha value is -2.47. The second-order valence-corrected chi connectivity index (χ2v) is 7.83.